The number of fused-ring (bicyclic) bond motifs is 1. The van der Waals surface area contributed by atoms with Gasteiger partial charge in [0.25, 0.3) is 0 Å². The first-order valence-electron chi connectivity index (χ1n) is 7.70. The molecule has 0 saturated carbocycles. The van der Waals surface area contributed by atoms with Gasteiger partial charge in [-0.15, -0.1) is 11.3 Å². The van der Waals surface area contributed by atoms with Crippen LogP contribution in [0.15, 0.2) is 36.4 Å². The zero-order chi connectivity index (χ0) is 13.9. The Morgan fingerprint density at radius 3 is 2.90 bits per heavy atom. The van der Waals surface area contributed by atoms with Crippen molar-refractivity contribution in [2.24, 2.45) is 0 Å². The first-order valence-corrected chi connectivity index (χ1v) is 8.52. The molecule has 1 aliphatic rings. The van der Waals surface area contributed by atoms with Gasteiger partial charge in [0.2, 0.25) is 0 Å². The fourth-order valence-corrected chi connectivity index (χ4v) is 4.09. The van der Waals surface area contributed by atoms with Gasteiger partial charge in [0, 0.05) is 21.8 Å². The SMILES string of the molecule is CCc1ccc(C(C)NC2CCCc3ccccc32)s1. The van der Waals surface area contributed by atoms with Crippen LogP contribution in [0.2, 0.25) is 0 Å². The van der Waals surface area contributed by atoms with E-state index in [9.17, 15) is 0 Å². The largest absolute Gasteiger partial charge is 0.303 e. The molecule has 0 amide bonds. The summed E-state index contributed by atoms with van der Waals surface area (Å²) in [5, 5.41) is 3.84. The van der Waals surface area contributed by atoms with Crippen LogP contribution in [0.5, 0.6) is 0 Å². The smallest absolute Gasteiger partial charge is 0.0391 e. The first kappa shape index (κ1) is 13.8. The predicted molar refractivity (Wildman–Crippen MR) is 87.4 cm³/mol. The minimum atomic E-state index is 0.441. The number of aryl methyl sites for hydroxylation is 2. The summed E-state index contributed by atoms with van der Waals surface area (Å²) in [6.07, 6.45) is 4.94. The van der Waals surface area contributed by atoms with Gasteiger partial charge in [-0.05, 0) is 55.9 Å². The molecular weight excluding hydrogens is 262 g/mol. The van der Waals surface area contributed by atoms with Crippen molar-refractivity contribution in [2.45, 2.75) is 51.6 Å². The Bertz CT molecular complexity index is 572. The predicted octanol–water partition coefficient (Wildman–Crippen LogP) is 5.04. The van der Waals surface area contributed by atoms with Crippen molar-refractivity contribution in [1.29, 1.82) is 0 Å². The standard InChI is InChI=1S/C18H23NS/c1-3-15-11-12-18(20-15)13(2)19-17-10-6-8-14-7-4-5-9-16(14)17/h4-5,7,9,11-13,17,19H,3,6,8,10H2,1-2H3. The van der Waals surface area contributed by atoms with E-state index < -0.39 is 0 Å². The Morgan fingerprint density at radius 1 is 1.25 bits per heavy atom. The Labute approximate surface area is 126 Å². The van der Waals surface area contributed by atoms with E-state index in [4.69, 9.17) is 0 Å². The molecule has 1 nitrogen and oxygen atoms in total. The Kier molecular flexibility index (Phi) is 4.23. The molecule has 20 heavy (non-hydrogen) atoms. The lowest BCUT2D eigenvalue weighted by Crippen LogP contribution is -2.27. The van der Waals surface area contributed by atoms with Crippen molar-refractivity contribution >= 4 is 11.3 Å². The number of benzene rings is 1. The number of thiophene rings is 1. The van der Waals surface area contributed by atoms with Gasteiger partial charge in [-0.2, -0.15) is 0 Å². The highest BCUT2D eigenvalue weighted by molar-refractivity contribution is 7.12. The molecule has 0 radical (unpaired) electrons. The van der Waals surface area contributed by atoms with E-state index in [1.165, 1.54) is 40.1 Å². The molecule has 0 fully saturated rings. The van der Waals surface area contributed by atoms with E-state index in [2.05, 4.69) is 55.6 Å². The van der Waals surface area contributed by atoms with E-state index in [-0.39, 0.29) is 0 Å². The normalized spacial score (nSPS) is 19.6. The quantitative estimate of drug-likeness (QED) is 0.830. The van der Waals surface area contributed by atoms with Crippen LogP contribution in [-0.4, -0.2) is 0 Å². The van der Waals surface area contributed by atoms with Gasteiger partial charge in [0.15, 0.2) is 0 Å². The van der Waals surface area contributed by atoms with Crippen molar-refractivity contribution in [3.8, 4) is 0 Å². The van der Waals surface area contributed by atoms with Crippen molar-refractivity contribution in [3.63, 3.8) is 0 Å². The van der Waals surface area contributed by atoms with Crippen molar-refractivity contribution in [1.82, 2.24) is 5.32 Å². The fourth-order valence-electron chi connectivity index (χ4n) is 3.13. The summed E-state index contributed by atoms with van der Waals surface area (Å²) in [6, 6.07) is 14.4. The average Bonchev–Trinajstić information content (AvgIpc) is 2.97. The van der Waals surface area contributed by atoms with Crippen LogP contribution in [-0.2, 0) is 12.8 Å². The van der Waals surface area contributed by atoms with Crippen LogP contribution in [0.4, 0.5) is 0 Å². The fraction of sp³-hybridized carbons (Fsp3) is 0.444. The van der Waals surface area contributed by atoms with Crippen molar-refractivity contribution in [2.75, 3.05) is 0 Å². The lowest BCUT2D eigenvalue weighted by Gasteiger charge is -2.29. The van der Waals surface area contributed by atoms with Crippen LogP contribution >= 0.6 is 11.3 Å². The highest BCUT2D eigenvalue weighted by Gasteiger charge is 2.21. The number of rotatable bonds is 4. The second-order valence-electron chi connectivity index (χ2n) is 5.69. The van der Waals surface area contributed by atoms with Crippen LogP contribution in [0.1, 0.15) is 59.7 Å². The van der Waals surface area contributed by atoms with E-state index in [0.29, 0.717) is 12.1 Å². The molecule has 0 saturated heterocycles. The summed E-state index contributed by atoms with van der Waals surface area (Å²) in [6.45, 7) is 4.52. The Morgan fingerprint density at radius 2 is 2.10 bits per heavy atom. The second kappa shape index (κ2) is 6.11. The molecule has 0 bridgehead atoms. The van der Waals surface area contributed by atoms with Crippen LogP contribution < -0.4 is 5.32 Å². The van der Waals surface area contributed by atoms with Crippen LogP contribution in [0.3, 0.4) is 0 Å². The van der Waals surface area contributed by atoms with Gasteiger partial charge >= 0.3 is 0 Å². The summed E-state index contributed by atoms with van der Waals surface area (Å²) < 4.78 is 0. The van der Waals surface area contributed by atoms with Crippen LogP contribution in [0.25, 0.3) is 0 Å². The second-order valence-corrected chi connectivity index (χ2v) is 6.89. The van der Waals surface area contributed by atoms with Crippen molar-refractivity contribution in [3.05, 3.63) is 57.3 Å². The molecule has 0 aliphatic heterocycles. The van der Waals surface area contributed by atoms with Gasteiger partial charge < -0.3 is 5.32 Å². The summed E-state index contributed by atoms with van der Waals surface area (Å²) in [5.74, 6) is 0. The van der Waals surface area contributed by atoms with Gasteiger partial charge in [-0.25, -0.2) is 0 Å². The molecule has 2 aromatic rings. The zero-order valence-corrected chi connectivity index (χ0v) is 13.2. The summed E-state index contributed by atoms with van der Waals surface area (Å²) in [5.41, 5.74) is 3.04. The molecule has 0 spiro atoms. The van der Waals surface area contributed by atoms with E-state index in [0.717, 1.165) is 6.42 Å². The molecule has 1 N–H and O–H groups in total. The summed E-state index contributed by atoms with van der Waals surface area (Å²) in [7, 11) is 0. The minimum Gasteiger partial charge on any atom is -0.303 e. The molecule has 2 atom stereocenters. The average molecular weight is 285 g/mol. The molecule has 1 heterocycles. The zero-order valence-electron chi connectivity index (χ0n) is 12.4. The number of hydrogen-bond acceptors (Lipinski definition) is 2. The third kappa shape index (κ3) is 2.82. The maximum Gasteiger partial charge on any atom is 0.0391 e. The highest BCUT2D eigenvalue weighted by Crippen LogP contribution is 2.32. The van der Waals surface area contributed by atoms with Crippen molar-refractivity contribution < 1.29 is 0 Å². The van der Waals surface area contributed by atoms with Crippen LogP contribution in [0, 0.1) is 0 Å². The molecule has 1 aromatic heterocycles. The Hall–Kier alpha value is -1.12. The third-order valence-corrected chi connectivity index (χ3v) is 5.69. The minimum absolute atomic E-state index is 0.441. The maximum atomic E-state index is 3.84. The van der Waals surface area contributed by atoms with Gasteiger partial charge in [-0.3, -0.25) is 0 Å². The molecule has 106 valence electrons. The highest BCUT2D eigenvalue weighted by atomic mass is 32.1. The lowest BCUT2D eigenvalue weighted by molar-refractivity contribution is 0.418. The topological polar surface area (TPSA) is 12.0 Å². The van der Waals surface area contributed by atoms with Gasteiger partial charge in [0.05, 0.1) is 0 Å². The van der Waals surface area contributed by atoms with E-state index in [1.54, 1.807) is 0 Å². The van der Waals surface area contributed by atoms with Gasteiger partial charge in [-0.1, -0.05) is 31.2 Å². The molecule has 1 aromatic carbocycles. The molecular formula is C18H23NS. The summed E-state index contributed by atoms with van der Waals surface area (Å²) in [4.78, 5) is 2.95. The first-order chi connectivity index (χ1) is 9.78. The number of hydrogen-bond donors (Lipinski definition) is 1. The lowest BCUT2D eigenvalue weighted by atomic mass is 9.87. The molecule has 2 heteroatoms. The van der Waals surface area contributed by atoms with Gasteiger partial charge in [0.1, 0.15) is 0 Å². The summed E-state index contributed by atoms with van der Waals surface area (Å²) >= 11 is 1.95. The van der Waals surface area contributed by atoms with E-state index >= 15 is 0 Å². The maximum absolute atomic E-state index is 3.84. The monoisotopic (exact) mass is 285 g/mol. The molecule has 1 aliphatic carbocycles. The number of nitrogens with one attached hydrogen (secondary N) is 1. The molecule has 3 rings (SSSR count). The third-order valence-electron chi connectivity index (χ3n) is 4.28. The Balaban J connectivity index is 1.75. The van der Waals surface area contributed by atoms with E-state index in [1.807, 2.05) is 11.3 Å². The molecule has 2 unspecified atom stereocenters.